The van der Waals surface area contributed by atoms with Crippen LogP contribution in [0.2, 0.25) is 0 Å². The van der Waals surface area contributed by atoms with Crippen LogP contribution in [0.3, 0.4) is 0 Å². The molecule has 0 spiro atoms. The molecule has 1 aliphatic carbocycles. The van der Waals surface area contributed by atoms with Crippen LogP contribution in [0.25, 0.3) is 0 Å². The number of rotatable bonds is 6. The molecule has 2 N–H and O–H groups in total. The van der Waals surface area contributed by atoms with Crippen molar-refractivity contribution in [1.82, 2.24) is 14.8 Å². The molecule has 2 rings (SSSR count). The standard InChI is InChI=1S/C10H15N3O3S/c1-6(7-2-3-7)4-13-9(16)11-12-10(13)17-5-8(14)15/h6-7H,2-5H2,1H3,(H,11,16)(H,14,15). The minimum absolute atomic E-state index is 0.0812. The second-order valence-corrected chi connectivity index (χ2v) is 5.36. The van der Waals surface area contributed by atoms with Crippen LogP contribution in [0.15, 0.2) is 9.95 Å². The van der Waals surface area contributed by atoms with E-state index in [-0.39, 0.29) is 11.4 Å². The summed E-state index contributed by atoms with van der Waals surface area (Å²) in [6, 6.07) is 0. The molecular weight excluding hydrogens is 242 g/mol. The highest BCUT2D eigenvalue weighted by molar-refractivity contribution is 7.99. The van der Waals surface area contributed by atoms with Crippen LogP contribution in [0.5, 0.6) is 0 Å². The van der Waals surface area contributed by atoms with E-state index in [2.05, 4.69) is 17.1 Å². The van der Waals surface area contributed by atoms with Crippen LogP contribution >= 0.6 is 11.8 Å². The molecule has 7 heteroatoms. The average Bonchev–Trinajstić information content (AvgIpc) is 3.05. The van der Waals surface area contributed by atoms with Gasteiger partial charge in [-0.15, -0.1) is 5.10 Å². The molecule has 1 atom stereocenters. The Labute approximate surface area is 102 Å². The molecule has 1 unspecified atom stereocenters. The van der Waals surface area contributed by atoms with Crippen molar-refractivity contribution in [2.45, 2.75) is 31.5 Å². The fourth-order valence-electron chi connectivity index (χ4n) is 1.80. The monoisotopic (exact) mass is 257 g/mol. The van der Waals surface area contributed by atoms with Gasteiger partial charge in [0.05, 0.1) is 5.75 Å². The van der Waals surface area contributed by atoms with Crippen molar-refractivity contribution in [3.05, 3.63) is 10.5 Å². The van der Waals surface area contributed by atoms with Gasteiger partial charge in [-0.05, 0) is 24.7 Å². The van der Waals surface area contributed by atoms with Crippen molar-refractivity contribution in [2.75, 3.05) is 5.75 Å². The van der Waals surface area contributed by atoms with Gasteiger partial charge in [0.2, 0.25) is 0 Å². The fraction of sp³-hybridized carbons (Fsp3) is 0.700. The summed E-state index contributed by atoms with van der Waals surface area (Å²) in [7, 11) is 0. The molecule has 0 aliphatic heterocycles. The second-order valence-electron chi connectivity index (χ2n) is 4.42. The number of hydrogen-bond acceptors (Lipinski definition) is 4. The van der Waals surface area contributed by atoms with E-state index in [1.807, 2.05) is 0 Å². The third kappa shape index (κ3) is 3.12. The lowest BCUT2D eigenvalue weighted by molar-refractivity contribution is -0.133. The third-order valence-corrected chi connectivity index (χ3v) is 3.91. The highest BCUT2D eigenvalue weighted by Gasteiger charge is 2.29. The summed E-state index contributed by atoms with van der Waals surface area (Å²) in [5.41, 5.74) is -0.259. The Hall–Kier alpha value is -1.24. The Morgan fingerprint density at radius 3 is 3.00 bits per heavy atom. The van der Waals surface area contributed by atoms with E-state index in [0.29, 0.717) is 23.5 Å². The molecule has 1 saturated carbocycles. The molecule has 6 nitrogen and oxygen atoms in total. The summed E-state index contributed by atoms with van der Waals surface area (Å²) >= 11 is 1.07. The van der Waals surface area contributed by atoms with Crippen molar-refractivity contribution in [1.29, 1.82) is 0 Å². The first-order chi connectivity index (χ1) is 8.08. The van der Waals surface area contributed by atoms with Gasteiger partial charge in [0.1, 0.15) is 0 Å². The van der Waals surface area contributed by atoms with Crippen molar-refractivity contribution in [3.63, 3.8) is 0 Å². The number of aliphatic carboxylic acids is 1. The molecule has 0 amide bonds. The Morgan fingerprint density at radius 2 is 2.41 bits per heavy atom. The maximum absolute atomic E-state index is 11.5. The fourth-order valence-corrected chi connectivity index (χ4v) is 2.48. The quantitative estimate of drug-likeness (QED) is 0.736. The number of H-pyrrole nitrogens is 1. The molecule has 1 fully saturated rings. The average molecular weight is 257 g/mol. The molecule has 1 aliphatic rings. The topological polar surface area (TPSA) is 88.0 Å². The van der Waals surface area contributed by atoms with Crippen molar-refractivity contribution < 1.29 is 9.90 Å². The van der Waals surface area contributed by atoms with Crippen LogP contribution < -0.4 is 5.69 Å². The molecule has 17 heavy (non-hydrogen) atoms. The van der Waals surface area contributed by atoms with Crippen molar-refractivity contribution >= 4 is 17.7 Å². The first-order valence-corrected chi connectivity index (χ1v) is 6.56. The molecule has 94 valence electrons. The van der Waals surface area contributed by atoms with E-state index < -0.39 is 5.97 Å². The number of hydrogen-bond donors (Lipinski definition) is 2. The molecule has 0 aromatic carbocycles. The molecule has 1 heterocycles. The lowest BCUT2D eigenvalue weighted by Crippen LogP contribution is -2.22. The summed E-state index contributed by atoms with van der Waals surface area (Å²) in [6.45, 7) is 2.73. The molecule has 0 radical (unpaired) electrons. The minimum Gasteiger partial charge on any atom is -0.481 e. The summed E-state index contributed by atoms with van der Waals surface area (Å²) in [5.74, 6) is 0.151. The first-order valence-electron chi connectivity index (χ1n) is 5.57. The highest BCUT2D eigenvalue weighted by atomic mass is 32.2. The maximum Gasteiger partial charge on any atom is 0.343 e. The first kappa shape index (κ1) is 12.2. The number of carboxylic acid groups (broad SMARTS) is 1. The zero-order valence-corrected chi connectivity index (χ0v) is 10.4. The van der Waals surface area contributed by atoms with Crippen LogP contribution in [0.1, 0.15) is 19.8 Å². The number of thioether (sulfide) groups is 1. The van der Waals surface area contributed by atoms with Gasteiger partial charge in [-0.2, -0.15) is 0 Å². The zero-order valence-electron chi connectivity index (χ0n) is 9.55. The number of aromatic nitrogens is 3. The van der Waals surface area contributed by atoms with Crippen LogP contribution in [0, 0.1) is 11.8 Å². The Kier molecular flexibility index (Phi) is 3.56. The largest absolute Gasteiger partial charge is 0.481 e. The van der Waals surface area contributed by atoms with Crippen molar-refractivity contribution in [3.8, 4) is 0 Å². The summed E-state index contributed by atoms with van der Waals surface area (Å²) in [6.07, 6.45) is 2.46. The van der Waals surface area contributed by atoms with Gasteiger partial charge in [0.15, 0.2) is 5.16 Å². The van der Waals surface area contributed by atoms with Crippen LogP contribution in [-0.4, -0.2) is 31.6 Å². The second kappa shape index (κ2) is 4.95. The summed E-state index contributed by atoms with van der Waals surface area (Å²) in [5, 5.41) is 15.3. The molecule has 1 aromatic rings. The van der Waals surface area contributed by atoms with Gasteiger partial charge in [-0.25, -0.2) is 9.89 Å². The predicted octanol–water partition coefficient (Wildman–Crippen LogP) is 0.794. The van der Waals surface area contributed by atoms with Gasteiger partial charge in [-0.3, -0.25) is 9.36 Å². The number of aromatic amines is 1. The lowest BCUT2D eigenvalue weighted by atomic mass is 10.1. The molecule has 1 aromatic heterocycles. The predicted molar refractivity (Wildman–Crippen MR) is 63.1 cm³/mol. The van der Waals surface area contributed by atoms with E-state index >= 15 is 0 Å². The van der Waals surface area contributed by atoms with Gasteiger partial charge in [-0.1, -0.05) is 18.7 Å². The van der Waals surface area contributed by atoms with Crippen molar-refractivity contribution in [2.24, 2.45) is 11.8 Å². The van der Waals surface area contributed by atoms with Crippen LogP contribution in [0.4, 0.5) is 0 Å². The normalized spacial score (nSPS) is 17.0. The molecule has 0 bridgehead atoms. The number of carbonyl (C=O) groups is 1. The third-order valence-electron chi connectivity index (χ3n) is 2.95. The lowest BCUT2D eigenvalue weighted by Gasteiger charge is -2.11. The van der Waals surface area contributed by atoms with E-state index in [1.54, 1.807) is 0 Å². The number of nitrogens with zero attached hydrogens (tertiary/aromatic N) is 2. The smallest absolute Gasteiger partial charge is 0.343 e. The highest BCUT2D eigenvalue weighted by Crippen LogP contribution is 2.37. The zero-order chi connectivity index (χ0) is 12.4. The summed E-state index contributed by atoms with van der Waals surface area (Å²) < 4.78 is 1.54. The molecule has 0 saturated heterocycles. The Balaban J connectivity index is 2.05. The Morgan fingerprint density at radius 1 is 1.71 bits per heavy atom. The molecular formula is C10H15N3O3S. The number of nitrogens with one attached hydrogen (secondary N) is 1. The van der Waals surface area contributed by atoms with Gasteiger partial charge in [0.25, 0.3) is 0 Å². The number of carboxylic acids is 1. The van der Waals surface area contributed by atoms with Gasteiger partial charge in [0, 0.05) is 6.54 Å². The maximum atomic E-state index is 11.5. The van der Waals surface area contributed by atoms with E-state index in [9.17, 15) is 9.59 Å². The van der Waals surface area contributed by atoms with Gasteiger partial charge < -0.3 is 5.11 Å². The SMILES string of the molecule is CC(Cn1c(SCC(=O)O)n[nH]c1=O)C1CC1. The van der Waals surface area contributed by atoms with E-state index in [4.69, 9.17) is 5.11 Å². The van der Waals surface area contributed by atoms with E-state index in [1.165, 1.54) is 17.4 Å². The minimum atomic E-state index is -0.910. The summed E-state index contributed by atoms with van der Waals surface area (Å²) in [4.78, 5) is 22.0. The van der Waals surface area contributed by atoms with Crippen LogP contribution in [-0.2, 0) is 11.3 Å². The van der Waals surface area contributed by atoms with E-state index in [0.717, 1.165) is 11.8 Å². The van der Waals surface area contributed by atoms with Gasteiger partial charge >= 0.3 is 11.7 Å². The Bertz CT molecular complexity index is 464.